The lowest BCUT2D eigenvalue weighted by molar-refractivity contribution is -0.137. The molecule has 1 aromatic carbocycles. The first-order valence-electron chi connectivity index (χ1n) is 5.72. The monoisotopic (exact) mass is 289 g/mol. The normalized spacial score (nSPS) is 13.4. The Morgan fingerprint density at radius 3 is 2.60 bits per heavy atom. The van der Waals surface area contributed by atoms with Crippen LogP contribution in [0.5, 0.6) is 0 Å². The van der Waals surface area contributed by atoms with E-state index in [1.165, 1.54) is 17.3 Å². The fraction of sp³-hybridized carbons (Fsp3) is 0.333. The molecule has 20 heavy (non-hydrogen) atoms. The van der Waals surface area contributed by atoms with Gasteiger partial charge in [-0.3, -0.25) is 4.68 Å². The summed E-state index contributed by atoms with van der Waals surface area (Å²) >= 11 is 0. The average Bonchev–Trinajstić information content (AvgIpc) is 2.83. The van der Waals surface area contributed by atoms with Crippen LogP contribution in [0.2, 0.25) is 0 Å². The van der Waals surface area contributed by atoms with Crippen molar-refractivity contribution >= 4 is 0 Å². The molecule has 0 radical (unpaired) electrons. The lowest BCUT2D eigenvalue weighted by Crippen LogP contribution is -2.19. The molecule has 108 valence electrons. The molecule has 0 aliphatic heterocycles. The predicted molar refractivity (Wildman–Crippen MR) is 61.1 cm³/mol. The topological polar surface area (TPSA) is 50.9 Å². The van der Waals surface area contributed by atoms with Crippen molar-refractivity contribution in [2.45, 2.75) is 25.2 Å². The number of alkyl halides is 3. The first-order chi connectivity index (χ1) is 9.36. The molecule has 8 heteroatoms. The molecule has 2 rings (SSSR count). The second kappa shape index (κ2) is 5.58. The minimum absolute atomic E-state index is 0.0191. The largest absolute Gasteiger partial charge is 0.416 e. The number of hydrogen-bond donors (Lipinski definition) is 1. The average molecular weight is 289 g/mol. The summed E-state index contributed by atoms with van der Waals surface area (Å²) in [5, 5.41) is 13.5. The van der Waals surface area contributed by atoms with Crippen molar-refractivity contribution in [3.05, 3.63) is 47.8 Å². The van der Waals surface area contributed by atoms with Crippen LogP contribution in [0.4, 0.5) is 17.6 Å². The zero-order chi connectivity index (χ0) is 14.8. The molecule has 0 aliphatic rings. The van der Waals surface area contributed by atoms with Crippen molar-refractivity contribution in [1.82, 2.24) is 14.8 Å². The van der Waals surface area contributed by atoms with Gasteiger partial charge in [-0.1, -0.05) is 6.07 Å². The Labute approximate surface area is 111 Å². The molecule has 0 fully saturated rings. The zero-order valence-electron chi connectivity index (χ0n) is 10.2. The molecule has 1 unspecified atom stereocenters. The molecule has 0 bridgehead atoms. The Balaban J connectivity index is 2.06. The number of benzene rings is 1. The molecule has 0 saturated carbocycles. The minimum atomic E-state index is -4.58. The van der Waals surface area contributed by atoms with Gasteiger partial charge in [-0.05, 0) is 17.7 Å². The van der Waals surface area contributed by atoms with Gasteiger partial charge in [0.25, 0.3) is 0 Å². The van der Waals surface area contributed by atoms with Gasteiger partial charge < -0.3 is 5.11 Å². The standard InChI is InChI=1S/C12H11F4N3O/c13-11-4-9(12(14,15)16)2-1-8(11)3-10(20)5-19-7-17-6-18-19/h1-2,4,6-7,10,20H,3,5H2. The van der Waals surface area contributed by atoms with E-state index in [-0.39, 0.29) is 18.5 Å². The van der Waals surface area contributed by atoms with E-state index in [2.05, 4.69) is 10.1 Å². The Morgan fingerprint density at radius 1 is 1.30 bits per heavy atom. The maximum Gasteiger partial charge on any atom is 0.416 e. The number of aromatic nitrogens is 3. The van der Waals surface area contributed by atoms with Gasteiger partial charge in [0, 0.05) is 6.42 Å². The van der Waals surface area contributed by atoms with E-state index in [4.69, 9.17) is 0 Å². The summed E-state index contributed by atoms with van der Waals surface area (Å²) in [7, 11) is 0. The van der Waals surface area contributed by atoms with Gasteiger partial charge in [-0.15, -0.1) is 0 Å². The van der Waals surface area contributed by atoms with Crippen LogP contribution in [0.1, 0.15) is 11.1 Å². The lowest BCUT2D eigenvalue weighted by Gasteiger charge is -2.12. The SMILES string of the molecule is OC(Cc1ccc(C(F)(F)F)cc1F)Cn1cncn1. The highest BCUT2D eigenvalue weighted by Crippen LogP contribution is 2.30. The van der Waals surface area contributed by atoms with Gasteiger partial charge in [-0.25, -0.2) is 9.37 Å². The summed E-state index contributed by atoms with van der Waals surface area (Å²) in [6.45, 7) is 0.0838. The van der Waals surface area contributed by atoms with Crippen molar-refractivity contribution in [3.8, 4) is 0 Å². The highest BCUT2D eigenvalue weighted by molar-refractivity contribution is 5.26. The third-order valence-corrected chi connectivity index (χ3v) is 2.70. The van der Waals surface area contributed by atoms with Gasteiger partial charge in [-0.2, -0.15) is 18.3 Å². The van der Waals surface area contributed by atoms with E-state index < -0.39 is 23.7 Å². The molecule has 0 amide bonds. The fourth-order valence-corrected chi connectivity index (χ4v) is 1.75. The summed E-state index contributed by atoms with van der Waals surface area (Å²) in [4.78, 5) is 3.68. The van der Waals surface area contributed by atoms with Crippen molar-refractivity contribution in [2.75, 3.05) is 0 Å². The number of aliphatic hydroxyl groups is 1. The number of hydrogen-bond acceptors (Lipinski definition) is 3. The Morgan fingerprint density at radius 2 is 2.05 bits per heavy atom. The first kappa shape index (κ1) is 14.4. The van der Waals surface area contributed by atoms with Crippen LogP contribution < -0.4 is 0 Å². The van der Waals surface area contributed by atoms with Crippen molar-refractivity contribution < 1.29 is 22.7 Å². The Hall–Kier alpha value is -1.96. The van der Waals surface area contributed by atoms with E-state index >= 15 is 0 Å². The van der Waals surface area contributed by atoms with Crippen molar-refractivity contribution in [1.29, 1.82) is 0 Å². The zero-order valence-corrected chi connectivity index (χ0v) is 10.2. The summed E-state index contributed by atoms with van der Waals surface area (Å²) in [6, 6.07) is 2.25. The first-order valence-corrected chi connectivity index (χ1v) is 5.72. The quantitative estimate of drug-likeness (QED) is 0.876. The van der Waals surface area contributed by atoms with Crippen LogP contribution in [0.25, 0.3) is 0 Å². The van der Waals surface area contributed by atoms with Crippen LogP contribution in [-0.2, 0) is 19.1 Å². The van der Waals surface area contributed by atoms with Crippen molar-refractivity contribution in [3.63, 3.8) is 0 Å². The molecule has 0 saturated heterocycles. The van der Waals surface area contributed by atoms with Crippen LogP contribution in [0.3, 0.4) is 0 Å². The maximum atomic E-state index is 13.6. The van der Waals surface area contributed by atoms with E-state index in [0.717, 1.165) is 12.1 Å². The van der Waals surface area contributed by atoms with Crippen molar-refractivity contribution in [2.24, 2.45) is 0 Å². The van der Waals surface area contributed by atoms with E-state index in [1.807, 2.05) is 0 Å². The van der Waals surface area contributed by atoms with Gasteiger partial charge in [0.1, 0.15) is 18.5 Å². The molecule has 4 nitrogen and oxygen atoms in total. The molecule has 1 heterocycles. The predicted octanol–water partition coefficient (Wildman–Crippen LogP) is 2.04. The second-order valence-electron chi connectivity index (χ2n) is 4.28. The Bertz CT molecular complexity index is 569. The number of halogens is 4. The summed E-state index contributed by atoms with van der Waals surface area (Å²) in [6.07, 6.45) is -3.00. The molecular formula is C12H11F4N3O. The van der Waals surface area contributed by atoms with E-state index in [0.29, 0.717) is 6.07 Å². The highest BCUT2D eigenvalue weighted by Gasteiger charge is 2.31. The van der Waals surface area contributed by atoms with E-state index in [1.54, 1.807) is 0 Å². The molecular weight excluding hydrogens is 278 g/mol. The second-order valence-corrected chi connectivity index (χ2v) is 4.28. The minimum Gasteiger partial charge on any atom is -0.391 e. The number of nitrogens with zero attached hydrogens (tertiary/aromatic N) is 3. The lowest BCUT2D eigenvalue weighted by atomic mass is 10.0. The molecule has 0 spiro atoms. The van der Waals surface area contributed by atoms with Gasteiger partial charge in [0.15, 0.2) is 0 Å². The fourth-order valence-electron chi connectivity index (χ4n) is 1.75. The van der Waals surface area contributed by atoms with Crippen LogP contribution in [0.15, 0.2) is 30.9 Å². The number of aliphatic hydroxyl groups excluding tert-OH is 1. The summed E-state index contributed by atoms with van der Waals surface area (Å²) in [5.74, 6) is -0.988. The third-order valence-electron chi connectivity index (χ3n) is 2.70. The van der Waals surface area contributed by atoms with Gasteiger partial charge in [0.05, 0.1) is 18.2 Å². The molecule has 2 aromatic rings. The van der Waals surface area contributed by atoms with Crippen LogP contribution >= 0.6 is 0 Å². The molecule has 1 aromatic heterocycles. The Kier molecular flexibility index (Phi) is 4.03. The highest BCUT2D eigenvalue weighted by atomic mass is 19.4. The molecule has 1 atom stereocenters. The summed E-state index contributed by atoms with van der Waals surface area (Å²) < 4.78 is 52.1. The molecule has 1 N–H and O–H groups in total. The van der Waals surface area contributed by atoms with Gasteiger partial charge in [0.2, 0.25) is 0 Å². The van der Waals surface area contributed by atoms with E-state index in [9.17, 15) is 22.7 Å². The summed E-state index contributed by atoms with van der Waals surface area (Å²) in [5.41, 5.74) is -1.03. The molecule has 0 aliphatic carbocycles. The van der Waals surface area contributed by atoms with Crippen LogP contribution in [0, 0.1) is 5.82 Å². The third kappa shape index (κ3) is 3.53. The van der Waals surface area contributed by atoms with Gasteiger partial charge >= 0.3 is 6.18 Å². The smallest absolute Gasteiger partial charge is 0.391 e. The van der Waals surface area contributed by atoms with Crippen LogP contribution in [-0.4, -0.2) is 26.0 Å². The maximum absolute atomic E-state index is 13.6. The number of rotatable bonds is 4.